The molecule has 0 radical (unpaired) electrons. The smallest absolute Gasteiger partial charge is 0.251 e. The number of rotatable bonds is 5. The first-order chi connectivity index (χ1) is 11.6. The fourth-order valence-corrected chi connectivity index (χ4v) is 3.71. The number of thiazole rings is 1. The van der Waals surface area contributed by atoms with Crippen LogP contribution in [0.3, 0.4) is 0 Å². The maximum atomic E-state index is 12.4. The lowest BCUT2D eigenvalue weighted by atomic mass is 9.86. The monoisotopic (exact) mass is 344 g/mol. The molecule has 4 nitrogen and oxygen atoms in total. The van der Waals surface area contributed by atoms with E-state index in [1.54, 1.807) is 11.3 Å². The van der Waals surface area contributed by atoms with E-state index in [0.29, 0.717) is 24.1 Å². The van der Waals surface area contributed by atoms with Gasteiger partial charge in [0.2, 0.25) is 0 Å². The van der Waals surface area contributed by atoms with Crippen molar-refractivity contribution >= 4 is 17.2 Å². The number of nitrogens with zero attached hydrogens (tertiary/aromatic N) is 1. The summed E-state index contributed by atoms with van der Waals surface area (Å²) in [6.45, 7) is 4.66. The first-order valence-corrected chi connectivity index (χ1v) is 9.44. The van der Waals surface area contributed by atoms with E-state index in [-0.39, 0.29) is 5.91 Å². The lowest BCUT2D eigenvalue weighted by Gasteiger charge is -2.29. The number of ether oxygens (including phenoxy) is 1. The van der Waals surface area contributed by atoms with Crippen molar-refractivity contribution in [2.45, 2.75) is 52.2 Å². The van der Waals surface area contributed by atoms with Crippen LogP contribution in [0.2, 0.25) is 0 Å². The van der Waals surface area contributed by atoms with Crippen LogP contribution in [0, 0.1) is 12.8 Å². The molecule has 0 saturated heterocycles. The van der Waals surface area contributed by atoms with Gasteiger partial charge in [0.05, 0.1) is 10.7 Å². The molecule has 1 fully saturated rings. The van der Waals surface area contributed by atoms with Gasteiger partial charge in [-0.1, -0.05) is 19.8 Å². The number of benzene rings is 1. The van der Waals surface area contributed by atoms with Gasteiger partial charge in [0.1, 0.15) is 12.4 Å². The van der Waals surface area contributed by atoms with Crippen LogP contribution in [0.4, 0.5) is 0 Å². The molecule has 1 aromatic heterocycles. The van der Waals surface area contributed by atoms with E-state index in [1.807, 2.05) is 36.6 Å². The molecule has 3 rings (SSSR count). The van der Waals surface area contributed by atoms with Crippen LogP contribution in [0.5, 0.6) is 5.75 Å². The average molecular weight is 344 g/mol. The topological polar surface area (TPSA) is 51.2 Å². The summed E-state index contributed by atoms with van der Waals surface area (Å²) in [5, 5.41) is 6.22. The van der Waals surface area contributed by atoms with Crippen LogP contribution < -0.4 is 10.1 Å². The molecule has 1 aromatic carbocycles. The molecule has 0 bridgehead atoms. The van der Waals surface area contributed by atoms with Crippen molar-refractivity contribution in [1.82, 2.24) is 10.3 Å². The summed E-state index contributed by atoms with van der Waals surface area (Å²) in [5.41, 5.74) is 1.62. The number of hydrogen-bond acceptors (Lipinski definition) is 4. The lowest BCUT2D eigenvalue weighted by molar-refractivity contribution is 0.0910. The van der Waals surface area contributed by atoms with E-state index in [4.69, 9.17) is 4.74 Å². The highest BCUT2D eigenvalue weighted by molar-refractivity contribution is 7.09. The largest absolute Gasteiger partial charge is 0.487 e. The Bertz CT molecular complexity index is 681. The summed E-state index contributed by atoms with van der Waals surface area (Å²) in [4.78, 5) is 16.8. The highest BCUT2D eigenvalue weighted by atomic mass is 32.1. The van der Waals surface area contributed by atoms with E-state index in [2.05, 4.69) is 17.2 Å². The second-order valence-corrected chi connectivity index (χ2v) is 7.57. The van der Waals surface area contributed by atoms with Crippen molar-refractivity contribution in [2.24, 2.45) is 5.92 Å². The number of aromatic nitrogens is 1. The Balaban J connectivity index is 1.54. The number of carbonyl (C=O) groups is 1. The predicted molar refractivity (Wildman–Crippen MR) is 96.5 cm³/mol. The minimum Gasteiger partial charge on any atom is -0.487 e. The molecule has 5 heteroatoms. The van der Waals surface area contributed by atoms with E-state index in [0.717, 1.165) is 22.9 Å². The second kappa shape index (κ2) is 7.79. The van der Waals surface area contributed by atoms with Crippen LogP contribution in [0.25, 0.3) is 0 Å². The second-order valence-electron chi connectivity index (χ2n) is 6.51. The van der Waals surface area contributed by atoms with Crippen LogP contribution in [-0.2, 0) is 6.61 Å². The molecule has 1 aliphatic rings. The quantitative estimate of drug-likeness (QED) is 0.878. The van der Waals surface area contributed by atoms with Crippen molar-refractivity contribution in [3.05, 3.63) is 45.9 Å². The molecule has 1 amide bonds. The number of carbonyl (C=O) groups excluding carboxylic acids is 1. The molecular weight excluding hydrogens is 320 g/mol. The van der Waals surface area contributed by atoms with Crippen LogP contribution in [-0.4, -0.2) is 16.9 Å². The lowest BCUT2D eigenvalue weighted by Crippen LogP contribution is -2.41. The normalized spacial score (nSPS) is 20.6. The third-order valence-electron chi connectivity index (χ3n) is 4.60. The minimum absolute atomic E-state index is 0.00965. The zero-order valence-electron chi connectivity index (χ0n) is 14.2. The van der Waals surface area contributed by atoms with Gasteiger partial charge < -0.3 is 10.1 Å². The number of amides is 1. The molecule has 0 spiro atoms. The maximum Gasteiger partial charge on any atom is 0.251 e. The van der Waals surface area contributed by atoms with Crippen molar-refractivity contribution in [3.8, 4) is 5.75 Å². The fourth-order valence-electron chi connectivity index (χ4n) is 3.12. The van der Waals surface area contributed by atoms with Gasteiger partial charge in [-0.2, -0.15) is 0 Å². The SMILES string of the molecule is Cc1nc(COc2ccc(C(=O)N[C@@H]3CCCC[C@H]3C)cc2)cs1. The van der Waals surface area contributed by atoms with Crippen LogP contribution in [0.1, 0.15) is 53.7 Å². The molecular formula is C19H24N2O2S. The third kappa shape index (κ3) is 4.35. The van der Waals surface area contributed by atoms with Crippen molar-refractivity contribution in [3.63, 3.8) is 0 Å². The van der Waals surface area contributed by atoms with Gasteiger partial charge in [-0.05, 0) is 49.9 Å². The molecule has 1 saturated carbocycles. The predicted octanol–water partition coefficient (Wildman–Crippen LogP) is 4.34. The molecule has 24 heavy (non-hydrogen) atoms. The van der Waals surface area contributed by atoms with Crippen molar-refractivity contribution in [1.29, 1.82) is 0 Å². The number of hydrogen-bond donors (Lipinski definition) is 1. The standard InChI is InChI=1S/C19H24N2O2S/c1-13-5-3-4-6-18(13)21-19(22)15-7-9-17(10-8-15)23-11-16-12-24-14(2)20-16/h7-10,12-13,18H,3-6,11H2,1-2H3,(H,21,22)/t13-,18-/m1/s1. The summed E-state index contributed by atoms with van der Waals surface area (Å²) in [7, 11) is 0. The minimum atomic E-state index is 0.00965. The van der Waals surface area contributed by atoms with Crippen LogP contribution >= 0.6 is 11.3 Å². The molecule has 2 atom stereocenters. The Morgan fingerprint density at radius 3 is 2.71 bits per heavy atom. The van der Waals surface area contributed by atoms with Gasteiger partial charge in [0, 0.05) is 17.0 Å². The van der Waals surface area contributed by atoms with E-state index >= 15 is 0 Å². The molecule has 2 aromatic rings. The Morgan fingerprint density at radius 1 is 1.29 bits per heavy atom. The summed E-state index contributed by atoms with van der Waals surface area (Å²) in [6, 6.07) is 7.64. The van der Waals surface area contributed by atoms with Gasteiger partial charge >= 0.3 is 0 Å². The zero-order valence-corrected chi connectivity index (χ0v) is 15.1. The first-order valence-electron chi connectivity index (χ1n) is 8.56. The highest BCUT2D eigenvalue weighted by Crippen LogP contribution is 2.24. The van der Waals surface area contributed by atoms with Gasteiger partial charge in [0.15, 0.2) is 0 Å². The van der Waals surface area contributed by atoms with Crippen molar-refractivity contribution < 1.29 is 9.53 Å². The molecule has 1 aliphatic carbocycles. The zero-order chi connectivity index (χ0) is 16.9. The van der Waals surface area contributed by atoms with Crippen molar-refractivity contribution in [2.75, 3.05) is 0 Å². The molecule has 1 N–H and O–H groups in total. The van der Waals surface area contributed by atoms with Gasteiger partial charge in [-0.25, -0.2) is 4.98 Å². The number of nitrogens with one attached hydrogen (secondary N) is 1. The highest BCUT2D eigenvalue weighted by Gasteiger charge is 2.23. The van der Waals surface area contributed by atoms with Gasteiger partial charge in [0.25, 0.3) is 5.91 Å². The van der Waals surface area contributed by atoms with Gasteiger partial charge in [-0.3, -0.25) is 4.79 Å². The van der Waals surface area contributed by atoms with E-state index in [9.17, 15) is 4.79 Å². The third-order valence-corrected chi connectivity index (χ3v) is 5.42. The summed E-state index contributed by atoms with van der Waals surface area (Å²) in [6.07, 6.45) is 4.77. The molecule has 0 unspecified atom stereocenters. The first kappa shape index (κ1) is 17.0. The Kier molecular flexibility index (Phi) is 5.51. The summed E-state index contributed by atoms with van der Waals surface area (Å²) in [5.74, 6) is 1.32. The average Bonchev–Trinajstić information content (AvgIpc) is 3.01. The van der Waals surface area contributed by atoms with E-state index < -0.39 is 0 Å². The maximum absolute atomic E-state index is 12.4. The Hall–Kier alpha value is -1.88. The number of aryl methyl sites for hydroxylation is 1. The van der Waals surface area contributed by atoms with Crippen LogP contribution in [0.15, 0.2) is 29.6 Å². The Labute approximate surface area is 147 Å². The Morgan fingerprint density at radius 2 is 2.04 bits per heavy atom. The molecule has 128 valence electrons. The van der Waals surface area contributed by atoms with Gasteiger partial charge in [-0.15, -0.1) is 11.3 Å². The summed E-state index contributed by atoms with van der Waals surface area (Å²) < 4.78 is 5.72. The molecule has 0 aliphatic heterocycles. The molecule has 1 heterocycles. The summed E-state index contributed by atoms with van der Waals surface area (Å²) >= 11 is 1.62. The van der Waals surface area contributed by atoms with E-state index in [1.165, 1.54) is 19.3 Å². The fraction of sp³-hybridized carbons (Fsp3) is 0.474.